The Morgan fingerprint density at radius 1 is 0.878 bits per heavy atom. The summed E-state index contributed by atoms with van der Waals surface area (Å²) >= 11 is 0. The number of fused-ring (bicyclic) bond motifs is 1. The van der Waals surface area contributed by atoms with Gasteiger partial charge in [-0.25, -0.2) is 4.79 Å². The zero-order chi connectivity index (χ0) is 29.0. The number of para-hydroxylation sites is 1. The van der Waals surface area contributed by atoms with Gasteiger partial charge in [0.2, 0.25) is 0 Å². The molecule has 206 valence electrons. The molecule has 0 aliphatic carbocycles. The monoisotopic (exact) mass is 556 g/mol. The number of carboxylic acids is 1. The van der Waals surface area contributed by atoms with Gasteiger partial charge in [-0.15, -0.1) is 0 Å². The Balaban J connectivity index is 1.52. The van der Waals surface area contributed by atoms with Crippen molar-refractivity contribution in [2.24, 2.45) is 0 Å². The molecule has 0 radical (unpaired) electrons. The predicted molar refractivity (Wildman–Crippen MR) is 149 cm³/mol. The third-order valence-electron chi connectivity index (χ3n) is 6.42. The fraction of sp³-hybridized carbons (Fsp3) is 0.0938. The number of nitrogens with one attached hydrogen (secondary N) is 1. The fourth-order valence-electron chi connectivity index (χ4n) is 4.52. The topological polar surface area (TPSA) is 88.5 Å². The molecule has 0 amide bonds. The zero-order valence-electron chi connectivity index (χ0n) is 21.5. The van der Waals surface area contributed by atoms with Crippen LogP contribution in [0, 0.1) is 0 Å². The van der Waals surface area contributed by atoms with Gasteiger partial charge in [-0.2, -0.15) is 13.2 Å². The molecule has 9 heteroatoms. The van der Waals surface area contributed by atoms with Gasteiger partial charge >= 0.3 is 12.1 Å². The summed E-state index contributed by atoms with van der Waals surface area (Å²) in [7, 11) is 0. The molecule has 0 bridgehead atoms. The summed E-state index contributed by atoms with van der Waals surface area (Å²) < 4.78 is 46.7. The first-order valence-electron chi connectivity index (χ1n) is 12.6. The van der Waals surface area contributed by atoms with Crippen molar-refractivity contribution in [1.29, 1.82) is 0 Å². The van der Waals surface area contributed by atoms with Crippen LogP contribution in [-0.4, -0.2) is 28.4 Å². The number of aliphatic carboxylic acids is 1. The van der Waals surface area contributed by atoms with Crippen molar-refractivity contribution in [3.63, 3.8) is 0 Å². The number of ether oxygens (including phenoxy) is 1. The van der Waals surface area contributed by atoms with Crippen LogP contribution in [-0.2, 0) is 17.5 Å². The molecule has 0 saturated carbocycles. The molecule has 0 atom stereocenters. The molecular weight excluding hydrogens is 533 g/mol. The number of halogens is 3. The van der Waals surface area contributed by atoms with Gasteiger partial charge in [0, 0.05) is 40.5 Å². The number of rotatable bonds is 9. The highest BCUT2D eigenvalue weighted by atomic mass is 19.4. The van der Waals surface area contributed by atoms with Crippen LogP contribution >= 0.6 is 0 Å². The predicted octanol–water partition coefficient (Wildman–Crippen LogP) is 7.23. The maximum atomic E-state index is 13.9. The normalized spacial score (nSPS) is 11.3. The number of anilines is 1. The second-order valence-corrected chi connectivity index (χ2v) is 9.20. The van der Waals surface area contributed by atoms with Crippen LogP contribution in [0.4, 0.5) is 18.9 Å². The van der Waals surface area contributed by atoms with Gasteiger partial charge in [-0.3, -0.25) is 9.78 Å². The van der Waals surface area contributed by atoms with Gasteiger partial charge in [-0.05, 0) is 41.5 Å². The molecule has 0 fully saturated rings. The number of aromatic nitrogens is 1. The van der Waals surface area contributed by atoms with Crippen molar-refractivity contribution in [3.8, 4) is 16.9 Å². The Bertz CT molecular complexity index is 1720. The van der Waals surface area contributed by atoms with Crippen molar-refractivity contribution in [2.75, 3.05) is 11.9 Å². The summed E-state index contributed by atoms with van der Waals surface area (Å²) in [4.78, 5) is 28.3. The minimum absolute atomic E-state index is 0.192. The van der Waals surface area contributed by atoms with Gasteiger partial charge in [0.05, 0.1) is 11.1 Å². The number of carbonyl (C=O) groups is 2. The zero-order valence-corrected chi connectivity index (χ0v) is 21.5. The number of carbonyl (C=O) groups excluding carboxylic acids is 1. The van der Waals surface area contributed by atoms with E-state index in [9.17, 15) is 22.8 Å². The van der Waals surface area contributed by atoms with Crippen LogP contribution in [0.2, 0.25) is 0 Å². The third-order valence-corrected chi connectivity index (χ3v) is 6.42. The summed E-state index contributed by atoms with van der Waals surface area (Å²) in [5.74, 6) is -0.992. The molecule has 1 heterocycles. The van der Waals surface area contributed by atoms with Gasteiger partial charge in [0.15, 0.2) is 12.4 Å². The number of ketones is 1. The number of hydrogen-bond donors (Lipinski definition) is 2. The van der Waals surface area contributed by atoms with Crippen LogP contribution in [0.1, 0.15) is 27.0 Å². The first-order valence-corrected chi connectivity index (χ1v) is 12.6. The molecule has 2 N–H and O–H groups in total. The lowest BCUT2D eigenvalue weighted by Gasteiger charge is -2.17. The second-order valence-electron chi connectivity index (χ2n) is 9.20. The number of hydrogen-bond acceptors (Lipinski definition) is 5. The van der Waals surface area contributed by atoms with E-state index in [1.807, 2.05) is 6.07 Å². The molecule has 0 aliphatic rings. The quantitative estimate of drug-likeness (QED) is 0.186. The summed E-state index contributed by atoms with van der Waals surface area (Å²) in [5.41, 5.74) is 1.97. The van der Waals surface area contributed by atoms with E-state index in [0.717, 1.165) is 11.6 Å². The summed E-state index contributed by atoms with van der Waals surface area (Å²) in [5, 5.41) is 12.3. The number of alkyl halides is 3. The number of benzene rings is 4. The Morgan fingerprint density at radius 3 is 2.32 bits per heavy atom. The molecule has 0 unspecified atom stereocenters. The largest absolute Gasteiger partial charge is 0.482 e. The minimum atomic E-state index is -4.62. The summed E-state index contributed by atoms with van der Waals surface area (Å²) in [6.45, 7) is -0.0267. The van der Waals surface area contributed by atoms with Crippen LogP contribution in [0.15, 0.2) is 103 Å². The molecule has 0 spiro atoms. The maximum Gasteiger partial charge on any atom is 0.418 e. The minimum Gasteiger partial charge on any atom is -0.482 e. The first-order chi connectivity index (χ1) is 19.7. The van der Waals surface area contributed by atoms with Crippen LogP contribution < -0.4 is 10.1 Å². The Kier molecular flexibility index (Phi) is 7.69. The smallest absolute Gasteiger partial charge is 0.418 e. The van der Waals surface area contributed by atoms with E-state index in [0.29, 0.717) is 34.7 Å². The lowest BCUT2D eigenvalue weighted by molar-refractivity contribution is -0.139. The molecule has 5 rings (SSSR count). The Morgan fingerprint density at radius 2 is 1.61 bits per heavy atom. The Hall–Kier alpha value is -5.18. The van der Waals surface area contributed by atoms with E-state index in [-0.39, 0.29) is 22.2 Å². The average molecular weight is 557 g/mol. The maximum absolute atomic E-state index is 13.9. The third kappa shape index (κ3) is 6.19. The standard InChI is InChI=1S/C32H23F3N2O4/c33-32(34,35)27-11-5-10-25-29(26(18-37-30(25)27)31(40)21-6-2-1-3-7-21)22-8-4-9-23(16-22)36-17-20-12-14-24(15-13-20)41-19-28(38)39/h1-16,18,36H,17,19H2,(H,38,39). The lowest BCUT2D eigenvalue weighted by Crippen LogP contribution is -2.09. The van der Waals surface area contributed by atoms with Gasteiger partial charge in [-0.1, -0.05) is 66.7 Å². The number of carboxylic acid groups (broad SMARTS) is 1. The molecule has 0 saturated heterocycles. The summed E-state index contributed by atoms with van der Waals surface area (Å²) in [6, 6.07) is 26.4. The highest BCUT2D eigenvalue weighted by Crippen LogP contribution is 2.39. The van der Waals surface area contributed by atoms with Crippen molar-refractivity contribution < 1.29 is 32.6 Å². The van der Waals surface area contributed by atoms with E-state index < -0.39 is 24.3 Å². The first kappa shape index (κ1) is 27.4. The molecule has 1 aromatic heterocycles. The summed E-state index contributed by atoms with van der Waals surface area (Å²) in [6.07, 6.45) is -3.40. The number of nitrogens with zero attached hydrogens (tertiary/aromatic N) is 1. The van der Waals surface area contributed by atoms with Crippen molar-refractivity contribution >= 4 is 28.3 Å². The van der Waals surface area contributed by atoms with E-state index in [1.165, 1.54) is 12.3 Å². The Labute approximate surface area is 233 Å². The molecule has 4 aromatic carbocycles. The molecule has 5 aromatic rings. The SMILES string of the molecule is O=C(O)COc1ccc(CNc2cccc(-c3c(C(=O)c4ccccc4)cnc4c(C(F)(F)F)cccc34)c2)cc1. The van der Waals surface area contributed by atoms with Crippen LogP contribution in [0.3, 0.4) is 0 Å². The van der Waals surface area contributed by atoms with Crippen molar-refractivity contribution in [2.45, 2.75) is 12.7 Å². The highest BCUT2D eigenvalue weighted by Gasteiger charge is 2.34. The number of pyridine rings is 1. The van der Waals surface area contributed by atoms with Crippen LogP contribution in [0.5, 0.6) is 5.75 Å². The van der Waals surface area contributed by atoms with Gasteiger partial charge in [0.25, 0.3) is 0 Å². The highest BCUT2D eigenvalue weighted by molar-refractivity contribution is 6.16. The van der Waals surface area contributed by atoms with Gasteiger partial charge in [0.1, 0.15) is 5.75 Å². The molecule has 41 heavy (non-hydrogen) atoms. The van der Waals surface area contributed by atoms with Crippen LogP contribution in [0.25, 0.3) is 22.0 Å². The lowest BCUT2D eigenvalue weighted by atomic mass is 9.91. The average Bonchev–Trinajstić information content (AvgIpc) is 2.98. The van der Waals surface area contributed by atoms with Gasteiger partial charge < -0.3 is 15.2 Å². The van der Waals surface area contributed by atoms with E-state index in [2.05, 4.69) is 10.3 Å². The fourth-order valence-corrected chi connectivity index (χ4v) is 4.52. The second kappa shape index (κ2) is 11.5. The molecule has 6 nitrogen and oxygen atoms in total. The van der Waals surface area contributed by atoms with E-state index in [1.54, 1.807) is 78.9 Å². The molecular formula is C32H23F3N2O4. The van der Waals surface area contributed by atoms with Crippen molar-refractivity contribution in [1.82, 2.24) is 4.98 Å². The molecule has 0 aliphatic heterocycles. The van der Waals surface area contributed by atoms with E-state index in [4.69, 9.17) is 9.84 Å². The van der Waals surface area contributed by atoms with E-state index >= 15 is 0 Å². The van der Waals surface area contributed by atoms with Crippen molar-refractivity contribution in [3.05, 3.63) is 126 Å².